The number of anilines is 3. The van der Waals surface area contributed by atoms with Gasteiger partial charge in [0.15, 0.2) is 0 Å². The fourth-order valence-electron chi connectivity index (χ4n) is 5.49. The van der Waals surface area contributed by atoms with Crippen LogP contribution in [0.1, 0.15) is 40.5 Å². The number of ether oxygens (including phenoxy) is 1. The summed E-state index contributed by atoms with van der Waals surface area (Å²) in [5.74, 6) is -0.530. The van der Waals surface area contributed by atoms with Gasteiger partial charge in [-0.15, -0.1) is 0 Å². The monoisotopic (exact) mass is 611 g/mol. The Hall–Kier alpha value is -4.61. The maximum absolute atomic E-state index is 14.6. The molecule has 5 rings (SSSR count). The fraction of sp³-hybridized carbons (Fsp3) is 0.382. The van der Waals surface area contributed by atoms with E-state index in [1.807, 2.05) is 63.2 Å². The zero-order chi connectivity index (χ0) is 32.3. The molecule has 236 valence electrons. The van der Waals surface area contributed by atoms with Gasteiger partial charge in [0.2, 0.25) is 5.91 Å². The Balaban J connectivity index is 1.63. The number of imide groups is 1. The van der Waals surface area contributed by atoms with Crippen LogP contribution in [-0.2, 0) is 14.4 Å². The average Bonchev–Trinajstić information content (AvgIpc) is 3.58. The molecule has 4 N–H and O–H groups in total. The number of likely N-dealkylation sites (N-methyl/N-ethyl adjacent to an activating group) is 1. The van der Waals surface area contributed by atoms with Crippen molar-refractivity contribution in [2.75, 3.05) is 30.9 Å². The number of hydrogen-bond acceptors (Lipinski definition) is 9. The lowest BCUT2D eigenvalue weighted by atomic mass is 9.85. The predicted molar refractivity (Wildman–Crippen MR) is 177 cm³/mol. The highest BCUT2D eigenvalue weighted by molar-refractivity contribution is 6.20. The number of amides is 3. The van der Waals surface area contributed by atoms with Gasteiger partial charge in [-0.3, -0.25) is 14.4 Å². The third-order valence-corrected chi connectivity index (χ3v) is 8.21. The molecule has 2 heterocycles. The smallest absolute Gasteiger partial charge is 0.257 e. The van der Waals surface area contributed by atoms with Crippen molar-refractivity contribution in [1.29, 1.82) is 0 Å². The summed E-state index contributed by atoms with van der Waals surface area (Å²) in [7, 11) is 3.16. The van der Waals surface area contributed by atoms with Crippen LogP contribution in [-0.4, -0.2) is 66.5 Å². The lowest BCUT2D eigenvalue weighted by molar-refractivity contribution is -0.134. The Labute approximate surface area is 263 Å². The Bertz CT molecular complexity index is 1730. The van der Waals surface area contributed by atoms with Gasteiger partial charge in [-0.25, -0.2) is 14.9 Å². The molecule has 0 spiro atoms. The minimum Gasteiger partial charge on any atom is -0.494 e. The Kier molecular flexibility index (Phi) is 9.31. The Morgan fingerprint density at radius 2 is 1.80 bits per heavy atom. The van der Waals surface area contributed by atoms with E-state index in [9.17, 15) is 14.4 Å². The average molecular weight is 612 g/mol. The molecule has 45 heavy (non-hydrogen) atoms. The zero-order valence-electron chi connectivity index (χ0n) is 26.6. The zero-order valence-corrected chi connectivity index (χ0v) is 26.6. The molecule has 11 nitrogen and oxygen atoms in total. The molecule has 3 atom stereocenters. The van der Waals surface area contributed by atoms with Crippen LogP contribution < -0.4 is 30.9 Å². The van der Waals surface area contributed by atoms with Crippen LogP contribution in [0, 0.1) is 5.41 Å². The molecule has 1 aliphatic heterocycles. The maximum Gasteiger partial charge on any atom is 0.257 e. The summed E-state index contributed by atoms with van der Waals surface area (Å²) in [4.78, 5) is 52.0. The number of methoxy groups -OCH3 is 1. The molecule has 3 amide bonds. The first-order valence-corrected chi connectivity index (χ1v) is 15.2. The van der Waals surface area contributed by atoms with Crippen molar-refractivity contribution in [3.8, 4) is 5.75 Å². The number of hydrogen-bond donors (Lipinski definition) is 4. The first kappa shape index (κ1) is 31.8. The molecule has 0 aliphatic carbocycles. The van der Waals surface area contributed by atoms with Gasteiger partial charge in [-0.05, 0) is 67.7 Å². The van der Waals surface area contributed by atoms with E-state index in [1.54, 1.807) is 26.1 Å². The largest absolute Gasteiger partial charge is 0.494 e. The predicted octanol–water partition coefficient (Wildman–Crippen LogP) is 4.29. The van der Waals surface area contributed by atoms with E-state index in [0.717, 1.165) is 27.8 Å². The van der Waals surface area contributed by atoms with Crippen LogP contribution in [0.4, 0.5) is 17.2 Å². The molecular weight excluding hydrogens is 570 g/mol. The van der Waals surface area contributed by atoms with Crippen LogP contribution >= 0.6 is 0 Å². The van der Waals surface area contributed by atoms with Gasteiger partial charge >= 0.3 is 0 Å². The van der Waals surface area contributed by atoms with Gasteiger partial charge < -0.3 is 26.0 Å². The van der Waals surface area contributed by atoms with Crippen LogP contribution in [0.5, 0.6) is 5.75 Å². The molecule has 1 fully saturated rings. The fourth-order valence-corrected chi connectivity index (χ4v) is 5.49. The van der Waals surface area contributed by atoms with E-state index in [1.165, 1.54) is 13.4 Å². The van der Waals surface area contributed by atoms with E-state index in [4.69, 9.17) is 4.74 Å². The van der Waals surface area contributed by atoms with Crippen molar-refractivity contribution < 1.29 is 19.1 Å². The summed E-state index contributed by atoms with van der Waals surface area (Å²) < 4.78 is 5.76. The van der Waals surface area contributed by atoms with E-state index in [2.05, 4.69) is 31.2 Å². The van der Waals surface area contributed by atoms with Gasteiger partial charge in [0, 0.05) is 17.1 Å². The summed E-state index contributed by atoms with van der Waals surface area (Å²) in [5, 5.41) is 15.2. The van der Waals surface area contributed by atoms with Crippen LogP contribution in [0.25, 0.3) is 21.7 Å². The molecule has 3 aromatic carbocycles. The lowest BCUT2D eigenvalue weighted by Gasteiger charge is -2.36. The SMILES string of the molecule is CN[C@@H](C)C(=O)N[C@H](C(=O)N(C(=O)[C@@H]1CCCN1)c1cc2c(Nc3ccc4ccccc4c3)ncnc2cc1OC)C(C)(C)C. The number of benzene rings is 3. The Morgan fingerprint density at radius 3 is 2.47 bits per heavy atom. The van der Waals surface area contributed by atoms with Crippen LogP contribution in [0.15, 0.2) is 60.9 Å². The highest BCUT2D eigenvalue weighted by atomic mass is 16.5. The first-order valence-electron chi connectivity index (χ1n) is 15.2. The molecule has 11 heteroatoms. The van der Waals surface area contributed by atoms with Gasteiger partial charge in [0.1, 0.15) is 23.9 Å². The normalized spacial score (nSPS) is 16.3. The molecule has 0 unspecified atom stereocenters. The summed E-state index contributed by atoms with van der Waals surface area (Å²) in [6.07, 6.45) is 2.84. The molecule has 1 aromatic heterocycles. The summed E-state index contributed by atoms with van der Waals surface area (Å²) in [6.45, 7) is 7.94. The standard InChI is InChI=1S/C34H41N7O4/c1-20(35-5)31(42)40-29(34(2,3)4)33(44)41(32(43)25-12-9-15-36-25)27-17-24-26(18-28(27)45-6)37-19-38-30(24)39-23-14-13-21-10-7-8-11-22(21)16-23/h7-8,10-11,13-14,16-20,25,29,35-36H,9,12,15H2,1-6H3,(H,40,42)(H,37,38,39)/t20-,25-,29+/m0/s1. The number of nitrogens with one attached hydrogen (secondary N) is 4. The third kappa shape index (κ3) is 6.74. The number of rotatable bonds is 9. The van der Waals surface area contributed by atoms with Crippen molar-refractivity contribution >= 4 is 56.6 Å². The molecule has 0 radical (unpaired) electrons. The number of carbonyl (C=O) groups is 3. The van der Waals surface area contributed by atoms with Crippen molar-refractivity contribution in [2.24, 2.45) is 5.41 Å². The number of aromatic nitrogens is 2. The second-order valence-corrected chi connectivity index (χ2v) is 12.4. The molecule has 1 aliphatic rings. The molecule has 4 aromatic rings. The molecule has 0 bridgehead atoms. The first-order chi connectivity index (χ1) is 21.5. The van der Waals surface area contributed by atoms with E-state index < -0.39 is 35.4 Å². The summed E-state index contributed by atoms with van der Waals surface area (Å²) in [6, 6.07) is 15.4. The van der Waals surface area contributed by atoms with Gasteiger partial charge in [-0.1, -0.05) is 51.1 Å². The van der Waals surface area contributed by atoms with Gasteiger partial charge in [0.05, 0.1) is 30.4 Å². The molecule has 1 saturated heterocycles. The highest BCUT2D eigenvalue weighted by Crippen LogP contribution is 2.38. The second kappa shape index (κ2) is 13.2. The van der Waals surface area contributed by atoms with E-state index >= 15 is 0 Å². The number of fused-ring (bicyclic) bond motifs is 2. The lowest BCUT2D eigenvalue weighted by Crippen LogP contribution is -2.60. The van der Waals surface area contributed by atoms with Crippen LogP contribution in [0.2, 0.25) is 0 Å². The quantitative estimate of drug-likeness (QED) is 0.218. The minimum atomic E-state index is -1.02. The molecule has 0 saturated carbocycles. The number of nitrogens with zero attached hydrogens (tertiary/aromatic N) is 3. The minimum absolute atomic E-state index is 0.246. The van der Waals surface area contributed by atoms with Gasteiger partial charge in [0.25, 0.3) is 11.8 Å². The summed E-state index contributed by atoms with van der Waals surface area (Å²) in [5.41, 5.74) is 0.906. The van der Waals surface area contributed by atoms with Crippen molar-refractivity contribution in [3.05, 3.63) is 60.9 Å². The van der Waals surface area contributed by atoms with Crippen molar-refractivity contribution in [2.45, 2.75) is 58.7 Å². The van der Waals surface area contributed by atoms with Gasteiger partial charge in [-0.2, -0.15) is 0 Å². The van der Waals surface area contributed by atoms with Crippen molar-refractivity contribution in [1.82, 2.24) is 25.9 Å². The van der Waals surface area contributed by atoms with Crippen LogP contribution in [0.3, 0.4) is 0 Å². The topological polar surface area (TPSA) is 138 Å². The maximum atomic E-state index is 14.6. The molecular formula is C34H41N7O4. The highest BCUT2D eigenvalue weighted by Gasteiger charge is 2.42. The Morgan fingerprint density at radius 1 is 1.04 bits per heavy atom. The van der Waals surface area contributed by atoms with E-state index in [-0.39, 0.29) is 11.6 Å². The number of carbonyl (C=O) groups excluding carboxylic acids is 3. The van der Waals surface area contributed by atoms with E-state index in [0.29, 0.717) is 35.4 Å². The summed E-state index contributed by atoms with van der Waals surface area (Å²) >= 11 is 0. The second-order valence-electron chi connectivity index (χ2n) is 12.4. The third-order valence-electron chi connectivity index (χ3n) is 8.21. The van der Waals surface area contributed by atoms with Crippen molar-refractivity contribution in [3.63, 3.8) is 0 Å².